The lowest BCUT2D eigenvalue weighted by molar-refractivity contribution is -0.00466. The van der Waals surface area contributed by atoms with Gasteiger partial charge in [-0.25, -0.2) is 9.78 Å². The van der Waals surface area contributed by atoms with Gasteiger partial charge in [-0.05, 0) is 32.6 Å². The molecule has 1 aliphatic carbocycles. The zero-order valence-electron chi connectivity index (χ0n) is 11.9. The quantitative estimate of drug-likeness (QED) is 0.925. The normalized spacial score (nSPS) is 26.8. The van der Waals surface area contributed by atoms with Gasteiger partial charge in [0.05, 0.1) is 11.3 Å². The van der Waals surface area contributed by atoms with Gasteiger partial charge in [-0.3, -0.25) is 0 Å². The highest BCUT2D eigenvalue weighted by Crippen LogP contribution is 2.44. The molecule has 3 rings (SSSR count). The lowest BCUT2D eigenvalue weighted by atomic mass is 9.95. The summed E-state index contributed by atoms with van der Waals surface area (Å²) in [5.41, 5.74) is 0.634. The van der Waals surface area contributed by atoms with E-state index in [-0.39, 0.29) is 5.60 Å². The fourth-order valence-electron chi connectivity index (χ4n) is 2.78. The maximum atomic E-state index is 11.4. The fourth-order valence-corrected chi connectivity index (χ4v) is 3.79. The highest BCUT2D eigenvalue weighted by atomic mass is 32.1. The molecule has 1 unspecified atom stereocenters. The first kappa shape index (κ1) is 13.8. The van der Waals surface area contributed by atoms with Gasteiger partial charge in [0, 0.05) is 26.1 Å². The van der Waals surface area contributed by atoms with Gasteiger partial charge in [-0.2, -0.15) is 0 Å². The van der Waals surface area contributed by atoms with E-state index in [0.717, 1.165) is 49.6 Å². The van der Waals surface area contributed by atoms with E-state index in [9.17, 15) is 9.90 Å². The van der Waals surface area contributed by atoms with Gasteiger partial charge in [0.1, 0.15) is 4.88 Å². The van der Waals surface area contributed by atoms with Crippen LogP contribution in [0.5, 0.6) is 0 Å². The number of rotatable bonds is 4. The zero-order chi connectivity index (χ0) is 14.3. The largest absolute Gasteiger partial charge is 0.477 e. The Morgan fingerprint density at radius 1 is 1.55 bits per heavy atom. The molecule has 1 aromatic rings. The highest BCUT2D eigenvalue weighted by Gasteiger charge is 2.36. The lowest BCUT2D eigenvalue weighted by Gasteiger charge is -2.39. The fraction of sp³-hybridized carbons (Fsp3) is 0.714. The number of carboxylic acid groups (broad SMARTS) is 1. The number of thiazole rings is 1. The Labute approximate surface area is 122 Å². The van der Waals surface area contributed by atoms with E-state index in [4.69, 9.17) is 4.74 Å². The second kappa shape index (κ2) is 5.00. The van der Waals surface area contributed by atoms with Crippen molar-refractivity contribution < 1.29 is 14.6 Å². The van der Waals surface area contributed by atoms with E-state index in [0.29, 0.717) is 10.8 Å². The maximum Gasteiger partial charge on any atom is 0.347 e. The molecule has 5 nitrogen and oxygen atoms in total. The number of hydrogen-bond donors (Lipinski definition) is 1. The molecule has 1 saturated heterocycles. The number of aromatic nitrogens is 1. The number of aromatic carboxylic acids is 1. The van der Waals surface area contributed by atoms with Gasteiger partial charge in [0.25, 0.3) is 0 Å². The van der Waals surface area contributed by atoms with E-state index < -0.39 is 5.97 Å². The van der Waals surface area contributed by atoms with Crippen molar-refractivity contribution in [1.29, 1.82) is 0 Å². The second-order valence-electron chi connectivity index (χ2n) is 5.97. The SMILES string of the molecule is COC1(C)CCCN(c2nc(C3CC3)c(C(=O)O)s2)C1. The number of anilines is 1. The summed E-state index contributed by atoms with van der Waals surface area (Å²) in [7, 11) is 1.74. The molecule has 1 aromatic heterocycles. The Morgan fingerprint density at radius 3 is 2.90 bits per heavy atom. The minimum atomic E-state index is -0.845. The summed E-state index contributed by atoms with van der Waals surface area (Å²) in [6.07, 6.45) is 4.22. The molecule has 20 heavy (non-hydrogen) atoms. The number of carboxylic acids is 1. The van der Waals surface area contributed by atoms with Crippen LogP contribution in [0.3, 0.4) is 0 Å². The third-order valence-electron chi connectivity index (χ3n) is 4.22. The van der Waals surface area contributed by atoms with Crippen LogP contribution in [0.15, 0.2) is 0 Å². The van der Waals surface area contributed by atoms with Crippen LogP contribution in [0.1, 0.15) is 53.9 Å². The predicted molar refractivity (Wildman–Crippen MR) is 77.9 cm³/mol. The molecule has 6 heteroatoms. The van der Waals surface area contributed by atoms with E-state index in [2.05, 4.69) is 16.8 Å². The van der Waals surface area contributed by atoms with Crippen LogP contribution >= 0.6 is 11.3 Å². The Balaban J connectivity index is 1.86. The molecule has 0 aromatic carbocycles. The molecule has 2 heterocycles. The van der Waals surface area contributed by atoms with Crippen molar-refractivity contribution in [3.8, 4) is 0 Å². The number of methoxy groups -OCH3 is 1. The standard InChI is InChI=1S/C14H20N2O3S/c1-14(19-2)6-3-7-16(8-14)13-15-10(9-4-5-9)11(20-13)12(17)18/h9H,3-8H2,1-2H3,(H,17,18). The molecule has 0 bridgehead atoms. The van der Waals surface area contributed by atoms with Gasteiger partial charge in [0.2, 0.25) is 0 Å². The Kier molecular flexibility index (Phi) is 3.46. The average molecular weight is 296 g/mol. The maximum absolute atomic E-state index is 11.4. The molecule has 1 atom stereocenters. The summed E-state index contributed by atoms with van der Waals surface area (Å²) in [6, 6.07) is 0. The van der Waals surface area contributed by atoms with Crippen molar-refractivity contribution in [1.82, 2.24) is 4.98 Å². The molecule has 1 saturated carbocycles. The summed E-state index contributed by atoms with van der Waals surface area (Å²) in [6.45, 7) is 3.81. The van der Waals surface area contributed by atoms with E-state index in [1.54, 1.807) is 7.11 Å². The number of hydrogen-bond acceptors (Lipinski definition) is 5. The predicted octanol–water partition coefficient (Wildman–Crippen LogP) is 2.72. The molecule has 0 radical (unpaired) electrons. The number of carbonyl (C=O) groups is 1. The third kappa shape index (κ3) is 2.54. The molecular weight excluding hydrogens is 276 g/mol. The van der Waals surface area contributed by atoms with Gasteiger partial charge in [-0.1, -0.05) is 11.3 Å². The van der Waals surface area contributed by atoms with Crippen molar-refractivity contribution >= 4 is 22.4 Å². The molecule has 110 valence electrons. The van der Waals surface area contributed by atoms with Crippen molar-refractivity contribution in [2.75, 3.05) is 25.1 Å². The number of nitrogens with zero attached hydrogens (tertiary/aromatic N) is 2. The molecular formula is C14H20N2O3S. The van der Waals surface area contributed by atoms with E-state index in [1.165, 1.54) is 11.3 Å². The van der Waals surface area contributed by atoms with Crippen LogP contribution in [0.25, 0.3) is 0 Å². The molecule has 1 aliphatic heterocycles. The molecule has 1 N–H and O–H groups in total. The van der Waals surface area contributed by atoms with E-state index in [1.807, 2.05) is 0 Å². The first-order chi connectivity index (χ1) is 9.52. The van der Waals surface area contributed by atoms with Crippen LogP contribution in [-0.2, 0) is 4.74 Å². The van der Waals surface area contributed by atoms with Crippen LogP contribution in [0.4, 0.5) is 5.13 Å². The van der Waals surface area contributed by atoms with Gasteiger partial charge < -0.3 is 14.7 Å². The molecule has 0 spiro atoms. The smallest absolute Gasteiger partial charge is 0.347 e. The monoisotopic (exact) mass is 296 g/mol. The summed E-state index contributed by atoms with van der Waals surface area (Å²) in [5, 5.41) is 10.2. The second-order valence-corrected chi connectivity index (χ2v) is 6.95. The van der Waals surface area contributed by atoms with Crippen LogP contribution < -0.4 is 4.90 Å². The van der Waals surface area contributed by atoms with Crippen molar-refractivity contribution in [3.63, 3.8) is 0 Å². The van der Waals surface area contributed by atoms with E-state index >= 15 is 0 Å². The summed E-state index contributed by atoms with van der Waals surface area (Å²) < 4.78 is 5.59. The average Bonchev–Trinajstić information content (AvgIpc) is 3.17. The number of piperidine rings is 1. The third-order valence-corrected chi connectivity index (χ3v) is 5.34. The van der Waals surface area contributed by atoms with Crippen LogP contribution in [0, 0.1) is 0 Å². The first-order valence-electron chi connectivity index (χ1n) is 7.06. The Morgan fingerprint density at radius 2 is 2.30 bits per heavy atom. The first-order valence-corrected chi connectivity index (χ1v) is 7.88. The van der Waals surface area contributed by atoms with Gasteiger partial charge in [-0.15, -0.1) is 0 Å². The van der Waals surface area contributed by atoms with Crippen molar-refractivity contribution in [2.24, 2.45) is 0 Å². The molecule has 2 fully saturated rings. The summed E-state index contributed by atoms with van der Waals surface area (Å²) >= 11 is 1.31. The number of ether oxygens (including phenoxy) is 1. The summed E-state index contributed by atoms with van der Waals surface area (Å²) in [4.78, 5) is 18.6. The zero-order valence-corrected chi connectivity index (χ0v) is 12.7. The Hall–Kier alpha value is -1.14. The van der Waals surface area contributed by atoms with Crippen LogP contribution in [0.2, 0.25) is 0 Å². The summed E-state index contributed by atoms with van der Waals surface area (Å²) in [5.74, 6) is -0.480. The molecule has 0 amide bonds. The minimum absolute atomic E-state index is 0.160. The topological polar surface area (TPSA) is 62.7 Å². The van der Waals surface area contributed by atoms with Crippen molar-refractivity contribution in [3.05, 3.63) is 10.6 Å². The minimum Gasteiger partial charge on any atom is -0.477 e. The Bertz CT molecular complexity index is 526. The van der Waals surface area contributed by atoms with Gasteiger partial charge >= 0.3 is 5.97 Å². The van der Waals surface area contributed by atoms with Crippen molar-refractivity contribution in [2.45, 2.75) is 44.1 Å². The van der Waals surface area contributed by atoms with Crippen LogP contribution in [-0.4, -0.2) is 41.9 Å². The lowest BCUT2D eigenvalue weighted by Crippen LogP contribution is -2.47. The highest BCUT2D eigenvalue weighted by molar-refractivity contribution is 7.17. The molecule has 2 aliphatic rings. The van der Waals surface area contributed by atoms with Gasteiger partial charge in [0.15, 0.2) is 5.13 Å².